The van der Waals surface area contributed by atoms with Crippen LogP contribution in [-0.4, -0.2) is 14.5 Å². The van der Waals surface area contributed by atoms with Crippen molar-refractivity contribution in [2.24, 2.45) is 0 Å². The minimum absolute atomic E-state index is 0.157. The predicted molar refractivity (Wildman–Crippen MR) is 217 cm³/mol. The Morgan fingerprint density at radius 2 is 1.39 bits per heavy atom. The maximum Gasteiger partial charge on any atom is 0.234 e. The average molecular weight is 699 g/mol. The minimum Gasteiger partial charge on any atom is -0.623 e. The first-order chi connectivity index (χ1) is 26.8. The molecule has 4 heterocycles. The second kappa shape index (κ2) is 12.6. The summed E-state index contributed by atoms with van der Waals surface area (Å²) in [7, 11) is 0. The number of nitrogens with one attached hydrogen (secondary N) is 2. The average Bonchev–Trinajstić information content (AvgIpc) is 3.75. The Morgan fingerprint density at radius 3 is 2.28 bits per heavy atom. The van der Waals surface area contributed by atoms with Crippen LogP contribution in [0.25, 0.3) is 39.0 Å². The van der Waals surface area contributed by atoms with E-state index in [0.717, 1.165) is 40.1 Å². The molecule has 2 aromatic heterocycles. The highest BCUT2D eigenvalue weighted by molar-refractivity contribution is 5.93. The lowest BCUT2D eigenvalue weighted by molar-refractivity contribution is 0.313. The van der Waals surface area contributed by atoms with Crippen molar-refractivity contribution in [3.05, 3.63) is 209 Å². The molecule has 1 aliphatic carbocycles. The summed E-state index contributed by atoms with van der Waals surface area (Å²) < 4.78 is 2.25. The van der Waals surface area contributed by atoms with Crippen LogP contribution in [0.4, 0.5) is 11.4 Å². The topological polar surface area (TPSA) is 72.1 Å². The van der Waals surface area contributed by atoms with Crippen molar-refractivity contribution >= 4 is 39.1 Å². The smallest absolute Gasteiger partial charge is 0.234 e. The number of benzene rings is 6. The van der Waals surface area contributed by atoms with E-state index >= 15 is 0 Å². The maximum atomic E-state index is 5.33. The van der Waals surface area contributed by atoms with E-state index in [-0.39, 0.29) is 24.4 Å². The van der Waals surface area contributed by atoms with Crippen LogP contribution in [0.15, 0.2) is 170 Å². The Hall–Kier alpha value is -6.38. The number of rotatable bonds is 5. The van der Waals surface area contributed by atoms with E-state index in [2.05, 4.69) is 172 Å². The van der Waals surface area contributed by atoms with Gasteiger partial charge in [-0.15, -0.1) is 0 Å². The van der Waals surface area contributed by atoms with Gasteiger partial charge < -0.3 is 20.9 Å². The van der Waals surface area contributed by atoms with Gasteiger partial charge in [0.05, 0.1) is 17.4 Å². The highest BCUT2D eigenvalue weighted by Crippen LogP contribution is 2.53. The molecule has 260 valence electrons. The minimum atomic E-state index is -0.382. The molecular formula is C47H36N7-. The van der Waals surface area contributed by atoms with Gasteiger partial charge >= 0.3 is 0 Å². The Balaban J connectivity index is 1.02. The molecule has 0 bridgehead atoms. The van der Waals surface area contributed by atoms with E-state index in [4.69, 9.17) is 15.3 Å². The molecule has 1 fully saturated rings. The van der Waals surface area contributed by atoms with E-state index in [1.54, 1.807) is 0 Å². The summed E-state index contributed by atoms with van der Waals surface area (Å²) in [6.07, 6.45) is 4.37. The molecule has 7 heteroatoms. The van der Waals surface area contributed by atoms with Crippen molar-refractivity contribution in [3.63, 3.8) is 0 Å². The molecule has 3 aliphatic rings. The molecule has 1 saturated heterocycles. The first kappa shape index (κ1) is 31.2. The third kappa shape index (κ3) is 5.09. The monoisotopic (exact) mass is 698 g/mol. The van der Waals surface area contributed by atoms with Gasteiger partial charge in [0.1, 0.15) is 0 Å². The zero-order valence-electron chi connectivity index (χ0n) is 29.4. The van der Waals surface area contributed by atoms with Crippen LogP contribution in [-0.2, 0) is 6.42 Å². The third-order valence-electron chi connectivity index (χ3n) is 11.2. The van der Waals surface area contributed by atoms with Crippen LogP contribution >= 0.6 is 0 Å². The van der Waals surface area contributed by atoms with Crippen LogP contribution < -0.4 is 15.5 Å². The first-order valence-corrected chi connectivity index (χ1v) is 18.6. The standard InChI is InChI=1S/C47H36N7/c1-3-14-31(15-4-1)44-50-45(33-24-23-30-13-7-8-16-32(30)27-33)52-46(51-44)39-25-26-48-47(49-39)54-41-22-12-10-20-36(41)38-28-37-35-19-9-11-21-40(35)53(42(37)29-43(38)54)34-17-5-2-6-18-34/h1-27,29,37,44-46,50,52H,28H2/q-1. The highest BCUT2D eigenvalue weighted by Gasteiger charge is 2.39. The van der Waals surface area contributed by atoms with Crippen LogP contribution in [0.5, 0.6) is 0 Å². The first-order valence-electron chi connectivity index (χ1n) is 18.6. The van der Waals surface area contributed by atoms with Gasteiger partial charge in [-0.25, -0.2) is 9.97 Å². The SMILES string of the molecule is C1=C2C(Cc3c1n(-c1nccc(C4[N-]C(c5ccccc5)NC(c5ccc6ccccc6c5)N4)n1)c1ccccc31)c1ccccc1N2c1ccccc1. The maximum absolute atomic E-state index is 5.33. The van der Waals surface area contributed by atoms with E-state index in [1.165, 1.54) is 38.7 Å². The number of anilines is 2. The van der Waals surface area contributed by atoms with Crippen LogP contribution in [0.1, 0.15) is 58.1 Å². The van der Waals surface area contributed by atoms with Crippen molar-refractivity contribution in [1.82, 2.24) is 25.2 Å². The zero-order valence-corrected chi connectivity index (χ0v) is 29.4. The zero-order chi connectivity index (χ0) is 35.6. The Labute approximate surface area is 313 Å². The van der Waals surface area contributed by atoms with E-state index in [1.807, 2.05) is 18.3 Å². The van der Waals surface area contributed by atoms with Crippen molar-refractivity contribution in [1.29, 1.82) is 0 Å². The molecule has 4 atom stereocenters. The van der Waals surface area contributed by atoms with Crippen LogP contribution in [0, 0.1) is 0 Å². The second-order valence-electron chi connectivity index (χ2n) is 14.3. The summed E-state index contributed by atoms with van der Waals surface area (Å²) in [4.78, 5) is 12.7. The molecule has 2 aliphatic heterocycles. The summed E-state index contributed by atoms with van der Waals surface area (Å²) >= 11 is 0. The van der Waals surface area contributed by atoms with Crippen LogP contribution in [0.2, 0.25) is 0 Å². The molecule has 4 unspecified atom stereocenters. The van der Waals surface area contributed by atoms with Gasteiger partial charge in [-0.2, -0.15) is 0 Å². The molecular weight excluding hydrogens is 663 g/mol. The predicted octanol–water partition coefficient (Wildman–Crippen LogP) is 10.4. The molecule has 0 saturated carbocycles. The van der Waals surface area contributed by atoms with Gasteiger partial charge in [0.15, 0.2) is 0 Å². The van der Waals surface area contributed by atoms with Gasteiger partial charge in [-0.3, -0.25) is 4.57 Å². The fourth-order valence-corrected chi connectivity index (χ4v) is 8.72. The molecule has 0 spiro atoms. The molecule has 0 amide bonds. The molecule has 0 radical (unpaired) electrons. The largest absolute Gasteiger partial charge is 0.623 e. The van der Waals surface area contributed by atoms with Gasteiger partial charge in [-0.1, -0.05) is 133 Å². The highest BCUT2D eigenvalue weighted by atomic mass is 15.4. The number of nitrogens with zero attached hydrogens (tertiary/aromatic N) is 5. The number of aromatic nitrogens is 3. The summed E-state index contributed by atoms with van der Waals surface area (Å²) in [6.45, 7) is 0. The lowest BCUT2D eigenvalue weighted by Crippen LogP contribution is -2.44. The van der Waals surface area contributed by atoms with E-state index < -0.39 is 0 Å². The fourth-order valence-electron chi connectivity index (χ4n) is 8.72. The van der Waals surface area contributed by atoms with Gasteiger partial charge in [-0.05, 0) is 82.5 Å². The number of allylic oxidation sites excluding steroid dienone is 1. The Morgan fingerprint density at radius 1 is 0.648 bits per heavy atom. The lowest BCUT2D eigenvalue weighted by atomic mass is 9.86. The molecule has 7 nitrogen and oxygen atoms in total. The normalized spacial score (nSPS) is 20.4. The number of para-hydroxylation sites is 3. The van der Waals surface area contributed by atoms with Crippen LogP contribution in [0.3, 0.4) is 0 Å². The van der Waals surface area contributed by atoms with Crippen molar-refractivity contribution < 1.29 is 0 Å². The fraction of sp³-hybridized carbons (Fsp3) is 0.106. The Kier molecular flexibility index (Phi) is 7.30. The van der Waals surface area contributed by atoms with E-state index in [0.29, 0.717) is 5.95 Å². The van der Waals surface area contributed by atoms with Crippen molar-refractivity contribution in [3.8, 4) is 5.95 Å². The molecule has 8 aromatic rings. The summed E-state index contributed by atoms with van der Waals surface area (Å²) in [6, 6.07) is 55.8. The Bertz CT molecular complexity index is 2720. The summed E-state index contributed by atoms with van der Waals surface area (Å²) in [5.74, 6) is 0.885. The van der Waals surface area contributed by atoms with Gasteiger partial charge in [0.25, 0.3) is 0 Å². The van der Waals surface area contributed by atoms with Crippen molar-refractivity contribution in [2.75, 3.05) is 4.90 Å². The molecule has 6 aromatic carbocycles. The molecule has 2 N–H and O–H groups in total. The quantitative estimate of drug-likeness (QED) is 0.187. The van der Waals surface area contributed by atoms with Gasteiger partial charge in [0.2, 0.25) is 5.95 Å². The molecule has 54 heavy (non-hydrogen) atoms. The lowest BCUT2D eigenvalue weighted by Gasteiger charge is -2.49. The summed E-state index contributed by atoms with van der Waals surface area (Å²) in [5, 5.41) is 16.5. The van der Waals surface area contributed by atoms with E-state index in [9.17, 15) is 0 Å². The number of hydrogen-bond donors (Lipinski definition) is 2. The molecule has 11 rings (SSSR count). The number of fused-ring (bicyclic) bond motifs is 7. The van der Waals surface area contributed by atoms with Crippen molar-refractivity contribution in [2.45, 2.75) is 30.8 Å². The third-order valence-corrected chi connectivity index (χ3v) is 11.2. The summed E-state index contributed by atoms with van der Waals surface area (Å²) in [5.41, 5.74) is 11.7. The number of hydrogen-bond acceptors (Lipinski definition) is 5. The second-order valence-corrected chi connectivity index (χ2v) is 14.3. The van der Waals surface area contributed by atoms with Gasteiger partial charge in [0, 0.05) is 40.3 Å².